The summed E-state index contributed by atoms with van der Waals surface area (Å²) in [7, 11) is -4.03. The highest BCUT2D eigenvalue weighted by atomic mass is 35.5. The minimum Gasteiger partial charge on any atom is -0.490 e. The average molecular weight is 578 g/mol. The van der Waals surface area contributed by atoms with Crippen molar-refractivity contribution in [1.82, 2.24) is 5.43 Å². The van der Waals surface area contributed by atoms with Crippen LogP contribution in [-0.2, 0) is 21.4 Å². The Morgan fingerprint density at radius 2 is 1.57 bits per heavy atom. The molecule has 0 spiro atoms. The van der Waals surface area contributed by atoms with Gasteiger partial charge in [0.1, 0.15) is 13.2 Å². The zero-order valence-corrected chi connectivity index (χ0v) is 23.3. The van der Waals surface area contributed by atoms with E-state index in [1.807, 2.05) is 37.3 Å². The number of anilines is 1. The van der Waals surface area contributed by atoms with Gasteiger partial charge >= 0.3 is 0 Å². The van der Waals surface area contributed by atoms with E-state index in [4.69, 9.17) is 21.1 Å². The highest BCUT2D eigenvalue weighted by Gasteiger charge is 2.27. The normalized spacial score (nSPS) is 11.2. The van der Waals surface area contributed by atoms with Crippen molar-refractivity contribution in [2.75, 3.05) is 17.5 Å². The predicted octanol–water partition coefficient (Wildman–Crippen LogP) is 5.66. The van der Waals surface area contributed by atoms with Gasteiger partial charge in [0, 0.05) is 5.02 Å². The first-order valence-corrected chi connectivity index (χ1v) is 14.3. The van der Waals surface area contributed by atoms with Crippen LogP contribution in [0, 0.1) is 0 Å². The zero-order valence-electron chi connectivity index (χ0n) is 21.7. The number of hydrogen-bond acceptors (Lipinski definition) is 6. The fourth-order valence-electron chi connectivity index (χ4n) is 3.71. The molecule has 0 saturated heterocycles. The number of nitrogens with one attached hydrogen (secondary N) is 1. The molecule has 206 valence electrons. The van der Waals surface area contributed by atoms with Crippen LogP contribution in [0.25, 0.3) is 0 Å². The van der Waals surface area contributed by atoms with Crippen LogP contribution in [0.5, 0.6) is 11.5 Å². The molecule has 0 aromatic heterocycles. The quantitative estimate of drug-likeness (QED) is 0.173. The first kappa shape index (κ1) is 28.7. The fourth-order valence-corrected chi connectivity index (χ4v) is 5.28. The monoisotopic (exact) mass is 577 g/mol. The lowest BCUT2D eigenvalue weighted by molar-refractivity contribution is -0.119. The number of carbonyl (C=O) groups excluding carboxylic acids is 1. The summed E-state index contributed by atoms with van der Waals surface area (Å²) in [6, 6.07) is 29.2. The Labute approximate surface area is 238 Å². The van der Waals surface area contributed by atoms with Crippen molar-refractivity contribution in [2.45, 2.75) is 18.4 Å². The number of nitrogens with zero attached hydrogens (tertiary/aromatic N) is 2. The summed E-state index contributed by atoms with van der Waals surface area (Å²) in [6.07, 6.45) is 1.44. The van der Waals surface area contributed by atoms with Crippen molar-refractivity contribution in [3.8, 4) is 11.5 Å². The van der Waals surface area contributed by atoms with E-state index in [1.165, 1.54) is 30.5 Å². The maximum Gasteiger partial charge on any atom is 0.264 e. The van der Waals surface area contributed by atoms with E-state index in [1.54, 1.807) is 48.5 Å². The molecule has 0 heterocycles. The third-order valence-corrected chi connectivity index (χ3v) is 7.68. The van der Waals surface area contributed by atoms with Crippen molar-refractivity contribution in [1.29, 1.82) is 0 Å². The number of ether oxygens (including phenoxy) is 2. The van der Waals surface area contributed by atoms with E-state index in [9.17, 15) is 13.2 Å². The van der Waals surface area contributed by atoms with Crippen molar-refractivity contribution < 1.29 is 22.7 Å². The molecule has 4 rings (SSSR count). The van der Waals surface area contributed by atoms with E-state index in [2.05, 4.69) is 10.5 Å². The second-order valence-corrected chi connectivity index (χ2v) is 10.8. The summed E-state index contributed by atoms with van der Waals surface area (Å²) >= 11 is 5.98. The summed E-state index contributed by atoms with van der Waals surface area (Å²) in [5.41, 5.74) is 4.38. The molecule has 0 saturated carbocycles. The van der Waals surface area contributed by atoms with E-state index in [0.29, 0.717) is 41.0 Å². The lowest BCUT2D eigenvalue weighted by Crippen LogP contribution is -2.39. The Morgan fingerprint density at radius 3 is 2.25 bits per heavy atom. The lowest BCUT2D eigenvalue weighted by Gasteiger charge is -2.23. The number of benzene rings is 4. The number of hydrogen-bond donors (Lipinski definition) is 1. The SMILES string of the molecule is CCOc1cc(C=NNC(=O)CN(c2ccc(Cl)cc2)S(=O)(=O)c2ccccc2)ccc1OCc1ccccc1. The molecule has 4 aromatic rings. The van der Waals surface area contributed by atoms with Gasteiger partial charge in [-0.05, 0) is 72.6 Å². The number of rotatable bonds is 12. The molecule has 0 radical (unpaired) electrons. The molecule has 1 amide bonds. The molecule has 0 atom stereocenters. The maximum absolute atomic E-state index is 13.4. The van der Waals surface area contributed by atoms with Crippen LogP contribution in [0.1, 0.15) is 18.1 Å². The molecule has 0 aliphatic carbocycles. The van der Waals surface area contributed by atoms with Gasteiger partial charge in [-0.15, -0.1) is 0 Å². The second kappa shape index (κ2) is 13.6. The molecule has 0 unspecified atom stereocenters. The molecular formula is C30H28ClN3O5S. The van der Waals surface area contributed by atoms with Crippen LogP contribution in [0.4, 0.5) is 5.69 Å². The molecule has 0 aliphatic rings. The van der Waals surface area contributed by atoms with Gasteiger partial charge in [-0.3, -0.25) is 9.10 Å². The Kier molecular flexibility index (Phi) is 9.77. The standard InChI is InChI=1S/C30H28ClN3O5S/c1-2-38-29-19-24(13-18-28(29)39-22-23-9-5-3-6-10-23)20-32-33-30(35)21-34(26-16-14-25(31)15-17-26)40(36,37)27-11-7-4-8-12-27/h3-20H,2,21-22H2,1H3,(H,33,35). The van der Waals surface area contributed by atoms with Crippen molar-refractivity contribution in [2.24, 2.45) is 5.10 Å². The minimum atomic E-state index is -4.03. The van der Waals surface area contributed by atoms with E-state index < -0.39 is 22.5 Å². The minimum absolute atomic E-state index is 0.0549. The van der Waals surface area contributed by atoms with E-state index >= 15 is 0 Å². The first-order valence-electron chi connectivity index (χ1n) is 12.5. The Morgan fingerprint density at radius 1 is 0.900 bits per heavy atom. The van der Waals surface area contributed by atoms with Gasteiger partial charge in [-0.2, -0.15) is 5.10 Å². The van der Waals surface area contributed by atoms with E-state index in [0.717, 1.165) is 9.87 Å². The van der Waals surface area contributed by atoms with Crippen molar-refractivity contribution in [3.05, 3.63) is 119 Å². The van der Waals surface area contributed by atoms with Crippen LogP contribution >= 0.6 is 11.6 Å². The van der Waals surface area contributed by atoms with Crippen LogP contribution < -0.4 is 19.2 Å². The summed E-state index contributed by atoms with van der Waals surface area (Å²) in [5.74, 6) is 0.492. The molecule has 0 bridgehead atoms. The van der Waals surface area contributed by atoms with Crippen LogP contribution in [-0.4, -0.2) is 33.7 Å². The fraction of sp³-hybridized carbons (Fsp3) is 0.133. The summed E-state index contributed by atoms with van der Waals surface area (Å²) in [4.78, 5) is 12.9. The van der Waals surface area contributed by atoms with E-state index in [-0.39, 0.29) is 4.90 Å². The third-order valence-electron chi connectivity index (χ3n) is 5.64. The number of hydrazone groups is 1. The van der Waals surface area contributed by atoms with Gasteiger partial charge in [-0.1, -0.05) is 60.1 Å². The zero-order chi connectivity index (χ0) is 28.4. The lowest BCUT2D eigenvalue weighted by atomic mass is 10.2. The first-order chi connectivity index (χ1) is 19.4. The molecule has 0 fully saturated rings. The Bertz CT molecular complexity index is 1550. The largest absolute Gasteiger partial charge is 0.490 e. The van der Waals surface area contributed by atoms with Crippen LogP contribution in [0.3, 0.4) is 0 Å². The number of halogens is 1. The topological polar surface area (TPSA) is 97.3 Å². The van der Waals surface area contributed by atoms with Gasteiger partial charge in [0.25, 0.3) is 15.9 Å². The summed E-state index contributed by atoms with van der Waals surface area (Å²) < 4.78 is 39.4. The van der Waals surface area contributed by atoms with Crippen LogP contribution in [0.2, 0.25) is 5.02 Å². The van der Waals surface area contributed by atoms with Crippen molar-refractivity contribution in [3.63, 3.8) is 0 Å². The van der Waals surface area contributed by atoms with Gasteiger partial charge < -0.3 is 9.47 Å². The Balaban J connectivity index is 1.46. The molecule has 8 nitrogen and oxygen atoms in total. The predicted molar refractivity (Wildman–Crippen MR) is 157 cm³/mol. The van der Waals surface area contributed by atoms with Gasteiger partial charge in [-0.25, -0.2) is 13.8 Å². The second-order valence-electron chi connectivity index (χ2n) is 8.51. The smallest absolute Gasteiger partial charge is 0.264 e. The highest BCUT2D eigenvalue weighted by Crippen LogP contribution is 2.29. The maximum atomic E-state index is 13.4. The third kappa shape index (κ3) is 7.62. The van der Waals surface area contributed by atoms with Gasteiger partial charge in [0.2, 0.25) is 0 Å². The van der Waals surface area contributed by atoms with Gasteiger partial charge in [0.05, 0.1) is 23.4 Å². The molecule has 40 heavy (non-hydrogen) atoms. The number of amides is 1. The summed E-state index contributed by atoms with van der Waals surface area (Å²) in [6.45, 7) is 2.21. The van der Waals surface area contributed by atoms with Crippen molar-refractivity contribution >= 4 is 39.4 Å². The highest BCUT2D eigenvalue weighted by molar-refractivity contribution is 7.92. The molecule has 1 N–H and O–H groups in total. The van der Waals surface area contributed by atoms with Crippen LogP contribution in [0.15, 0.2) is 113 Å². The Hall–Kier alpha value is -4.34. The molecule has 0 aliphatic heterocycles. The number of sulfonamides is 1. The average Bonchev–Trinajstić information content (AvgIpc) is 2.97. The number of carbonyl (C=O) groups is 1. The summed E-state index contributed by atoms with van der Waals surface area (Å²) in [5, 5.41) is 4.46. The molecule has 10 heteroatoms. The molecular weight excluding hydrogens is 550 g/mol. The molecule has 4 aromatic carbocycles. The van der Waals surface area contributed by atoms with Gasteiger partial charge in [0.15, 0.2) is 11.5 Å².